The van der Waals surface area contributed by atoms with Gasteiger partial charge in [0.05, 0.1) is 12.1 Å². The van der Waals surface area contributed by atoms with Crippen LogP contribution in [0.5, 0.6) is 0 Å². The zero-order chi connectivity index (χ0) is 15.8. The molecule has 2 N–H and O–H groups in total. The first-order valence-electron chi connectivity index (χ1n) is 6.71. The lowest BCUT2D eigenvalue weighted by molar-refractivity contribution is 0.0949. The Bertz CT molecular complexity index is 730. The molecule has 1 heterocycles. The summed E-state index contributed by atoms with van der Waals surface area (Å²) in [7, 11) is 1.57. The number of carbonyl (C=O) groups is 2. The van der Waals surface area contributed by atoms with E-state index in [2.05, 4.69) is 27.5 Å². The third kappa shape index (κ3) is 3.93. The van der Waals surface area contributed by atoms with Crippen LogP contribution in [0.15, 0.2) is 48.7 Å². The topological polar surface area (TPSA) is 71.1 Å². The maximum Gasteiger partial charge on any atom is 0.270 e. The Morgan fingerprint density at radius 2 is 1.86 bits per heavy atom. The van der Waals surface area contributed by atoms with Gasteiger partial charge in [0, 0.05) is 18.8 Å². The Kier molecular flexibility index (Phi) is 5.27. The molecule has 0 radical (unpaired) electrons. The van der Waals surface area contributed by atoms with E-state index in [0.29, 0.717) is 16.8 Å². The fourth-order valence-corrected chi connectivity index (χ4v) is 1.78. The van der Waals surface area contributed by atoms with Crippen LogP contribution in [0.4, 0.5) is 0 Å². The summed E-state index contributed by atoms with van der Waals surface area (Å²) in [4.78, 5) is 27.4. The molecule has 2 amide bonds. The summed E-state index contributed by atoms with van der Waals surface area (Å²) in [6, 6.07) is 12.2. The zero-order valence-corrected chi connectivity index (χ0v) is 12.1. The minimum atomic E-state index is -0.283. The smallest absolute Gasteiger partial charge is 0.270 e. The van der Waals surface area contributed by atoms with E-state index >= 15 is 0 Å². The molecule has 0 aliphatic heterocycles. The maximum absolute atomic E-state index is 11.8. The fourth-order valence-electron chi connectivity index (χ4n) is 1.78. The molecule has 0 spiro atoms. The summed E-state index contributed by atoms with van der Waals surface area (Å²) in [6.45, 7) is 0.178. The standard InChI is InChI=1S/C17H15N3O2/c1-18-16(21)14-9-3-2-7-13(14)8-6-12-20-17(22)15-10-4-5-11-19-15/h2-5,7,9-11H,12H2,1H3,(H,18,21)(H,20,22). The van der Waals surface area contributed by atoms with Crippen LogP contribution in [-0.2, 0) is 0 Å². The van der Waals surface area contributed by atoms with Crippen molar-refractivity contribution in [2.45, 2.75) is 0 Å². The van der Waals surface area contributed by atoms with Crippen molar-refractivity contribution in [1.82, 2.24) is 15.6 Å². The average Bonchev–Trinajstić information content (AvgIpc) is 2.59. The van der Waals surface area contributed by atoms with Crippen molar-refractivity contribution < 1.29 is 9.59 Å². The second-order valence-corrected chi connectivity index (χ2v) is 4.32. The van der Waals surface area contributed by atoms with Crippen LogP contribution in [0.2, 0.25) is 0 Å². The lowest BCUT2D eigenvalue weighted by Crippen LogP contribution is -2.24. The quantitative estimate of drug-likeness (QED) is 0.836. The number of amides is 2. The van der Waals surface area contributed by atoms with Gasteiger partial charge < -0.3 is 10.6 Å². The normalized spacial score (nSPS) is 9.32. The highest BCUT2D eigenvalue weighted by molar-refractivity contribution is 5.96. The first-order chi connectivity index (χ1) is 10.7. The number of nitrogens with zero attached hydrogens (tertiary/aromatic N) is 1. The summed E-state index contributed by atoms with van der Waals surface area (Å²) in [6.07, 6.45) is 1.56. The second-order valence-electron chi connectivity index (χ2n) is 4.32. The van der Waals surface area contributed by atoms with Crippen LogP contribution in [0.3, 0.4) is 0 Å². The van der Waals surface area contributed by atoms with Gasteiger partial charge in [-0.15, -0.1) is 0 Å². The molecule has 0 fully saturated rings. The van der Waals surface area contributed by atoms with Crippen LogP contribution in [-0.4, -0.2) is 30.4 Å². The number of pyridine rings is 1. The van der Waals surface area contributed by atoms with Crippen LogP contribution in [0, 0.1) is 11.8 Å². The van der Waals surface area contributed by atoms with E-state index in [1.54, 1.807) is 49.6 Å². The monoisotopic (exact) mass is 293 g/mol. The van der Waals surface area contributed by atoms with Crippen LogP contribution in [0.1, 0.15) is 26.4 Å². The molecule has 0 saturated carbocycles. The Labute approximate surface area is 128 Å². The van der Waals surface area contributed by atoms with Crippen molar-refractivity contribution in [3.05, 3.63) is 65.5 Å². The summed E-state index contributed by atoms with van der Waals surface area (Å²) in [5.41, 5.74) is 1.47. The number of hydrogen-bond donors (Lipinski definition) is 2. The zero-order valence-electron chi connectivity index (χ0n) is 12.1. The van der Waals surface area contributed by atoms with Gasteiger partial charge in [-0.25, -0.2) is 0 Å². The summed E-state index contributed by atoms with van der Waals surface area (Å²) in [5.74, 6) is 5.25. The van der Waals surface area contributed by atoms with Crippen molar-refractivity contribution in [3.63, 3.8) is 0 Å². The van der Waals surface area contributed by atoms with Gasteiger partial charge in [0.1, 0.15) is 5.69 Å². The molecule has 5 heteroatoms. The SMILES string of the molecule is CNC(=O)c1ccccc1C#CCNC(=O)c1ccccn1. The molecule has 0 saturated heterocycles. The Balaban J connectivity index is 2.00. The molecule has 1 aromatic carbocycles. The summed E-state index contributed by atoms with van der Waals surface area (Å²) < 4.78 is 0. The minimum absolute atomic E-state index is 0.178. The third-order valence-corrected chi connectivity index (χ3v) is 2.86. The fraction of sp³-hybridized carbons (Fsp3) is 0.118. The van der Waals surface area contributed by atoms with Gasteiger partial charge in [0.25, 0.3) is 11.8 Å². The average molecular weight is 293 g/mol. The molecule has 0 aliphatic carbocycles. The van der Waals surface area contributed by atoms with Crippen molar-refractivity contribution in [1.29, 1.82) is 0 Å². The highest BCUT2D eigenvalue weighted by Crippen LogP contribution is 2.06. The highest BCUT2D eigenvalue weighted by Gasteiger charge is 2.07. The Morgan fingerprint density at radius 1 is 1.09 bits per heavy atom. The first-order valence-corrected chi connectivity index (χ1v) is 6.71. The van der Waals surface area contributed by atoms with Gasteiger partial charge in [0.2, 0.25) is 0 Å². The van der Waals surface area contributed by atoms with Crippen LogP contribution >= 0.6 is 0 Å². The van der Waals surface area contributed by atoms with Gasteiger partial charge in [-0.05, 0) is 24.3 Å². The molecule has 2 rings (SSSR count). The number of benzene rings is 1. The molecule has 1 aromatic heterocycles. The predicted molar refractivity (Wildman–Crippen MR) is 83.3 cm³/mol. The molecular formula is C17H15N3O2. The minimum Gasteiger partial charge on any atom is -0.355 e. The lowest BCUT2D eigenvalue weighted by atomic mass is 10.1. The van der Waals surface area contributed by atoms with Gasteiger partial charge >= 0.3 is 0 Å². The van der Waals surface area contributed by atoms with E-state index < -0.39 is 0 Å². The third-order valence-electron chi connectivity index (χ3n) is 2.86. The van der Waals surface area contributed by atoms with Gasteiger partial charge in [-0.3, -0.25) is 14.6 Å². The number of nitrogens with one attached hydrogen (secondary N) is 2. The number of rotatable bonds is 3. The molecule has 5 nitrogen and oxygen atoms in total. The van der Waals surface area contributed by atoms with Crippen molar-refractivity contribution >= 4 is 11.8 Å². The largest absolute Gasteiger partial charge is 0.355 e. The van der Waals surface area contributed by atoms with E-state index in [4.69, 9.17) is 0 Å². The highest BCUT2D eigenvalue weighted by atomic mass is 16.2. The van der Waals surface area contributed by atoms with Crippen LogP contribution < -0.4 is 10.6 Å². The van der Waals surface area contributed by atoms with Gasteiger partial charge in [0.15, 0.2) is 0 Å². The van der Waals surface area contributed by atoms with Crippen LogP contribution in [0.25, 0.3) is 0 Å². The molecule has 0 atom stereocenters. The van der Waals surface area contributed by atoms with E-state index in [-0.39, 0.29) is 18.4 Å². The van der Waals surface area contributed by atoms with E-state index in [9.17, 15) is 9.59 Å². The number of aromatic nitrogens is 1. The maximum atomic E-state index is 11.8. The number of hydrogen-bond acceptors (Lipinski definition) is 3. The van der Waals surface area contributed by atoms with Gasteiger partial charge in [-0.1, -0.05) is 30.0 Å². The molecular weight excluding hydrogens is 278 g/mol. The van der Waals surface area contributed by atoms with Crippen molar-refractivity contribution in [3.8, 4) is 11.8 Å². The molecule has 0 aliphatic rings. The molecule has 0 unspecified atom stereocenters. The summed E-state index contributed by atoms with van der Waals surface area (Å²) >= 11 is 0. The van der Waals surface area contributed by atoms with E-state index in [1.165, 1.54) is 0 Å². The molecule has 110 valence electrons. The first kappa shape index (κ1) is 15.3. The van der Waals surface area contributed by atoms with Crippen molar-refractivity contribution in [2.75, 3.05) is 13.6 Å². The van der Waals surface area contributed by atoms with Gasteiger partial charge in [-0.2, -0.15) is 0 Å². The Morgan fingerprint density at radius 3 is 2.59 bits per heavy atom. The van der Waals surface area contributed by atoms with E-state index in [0.717, 1.165) is 0 Å². The lowest BCUT2D eigenvalue weighted by Gasteiger charge is -2.02. The number of carbonyl (C=O) groups excluding carboxylic acids is 2. The second kappa shape index (κ2) is 7.60. The van der Waals surface area contributed by atoms with Crippen molar-refractivity contribution in [2.24, 2.45) is 0 Å². The molecule has 0 bridgehead atoms. The Hall–Kier alpha value is -3.13. The molecule has 2 aromatic rings. The van der Waals surface area contributed by atoms with E-state index in [1.807, 2.05) is 6.07 Å². The summed E-state index contributed by atoms with van der Waals surface area (Å²) in [5, 5.41) is 5.22. The molecule has 22 heavy (non-hydrogen) atoms. The predicted octanol–water partition coefficient (Wildman–Crippen LogP) is 1.22.